The van der Waals surface area contributed by atoms with Gasteiger partial charge in [-0.05, 0) is 31.0 Å². The average Bonchev–Trinajstić information content (AvgIpc) is 2.84. The monoisotopic (exact) mass is 315 g/mol. The van der Waals surface area contributed by atoms with Gasteiger partial charge >= 0.3 is 0 Å². The molecule has 3 N–H and O–H groups in total. The molecular formula is C16H21N5O2. The largest absolute Gasteiger partial charge is 0.378 e. The van der Waals surface area contributed by atoms with E-state index in [1.165, 1.54) is 0 Å². The van der Waals surface area contributed by atoms with Crippen LogP contribution in [0.5, 0.6) is 0 Å². The molecule has 0 saturated carbocycles. The molecule has 0 aliphatic heterocycles. The van der Waals surface area contributed by atoms with Crippen molar-refractivity contribution >= 4 is 17.8 Å². The van der Waals surface area contributed by atoms with Gasteiger partial charge in [-0.15, -0.1) is 0 Å². The first kappa shape index (κ1) is 16.5. The fourth-order valence-corrected chi connectivity index (χ4v) is 2.10. The smallest absolute Gasteiger partial charge is 0.267 e. The number of amides is 1. The van der Waals surface area contributed by atoms with Gasteiger partial charge in [0.2, 0.25) is 5.91 Å². The summed E-state index contributed by atoms with van der Waals surface area (Å²) in [7, 11) is 3.95. The number of aromatic nitrogens is 2. The Labute approximate surface area is 134 Å². The molecule has 2 aromatic rings. The molecule has 1 heterocycles. The third kappa shape index (κ3) is 4.57. The van der Waals surface area contributed by atoms with E-state index in [4.69, 9.17) is 0 Å². The number of rotatable bonds is 6. The summed E-state index contributed by atoms with van der Waals surface area (Å²) in [6.07, 6.45) is 2.17. The number of benzene rings is 1. The second-order valence-electron chi connectivity index (χ2n) is 5.46. The lowest BCUT2D eigenvalue weighted by atomic mass is 10.1. The summed E-state index contributed by atoms with van der Waals surface area (Å²) in [5, 5.41) is 9.16. The lowest BCUT2D eigenvalue weighted by Gasteiger charge is -2.11. The van der Waals surface area contributed by atoms with E-state index in [1.807, 2.05) is 43.3 Å². The van der Waals surface area contributed by atoms with Crippen LogP contribution in [0.3, 0.4) is 0 Å². The predicted molar refractivity (Wildman–Crippen MR) is 91.0 cm³/mol. The fourth-order valence-electron chi connectivity index (χ4n) is 2.10. The summed E-state index contributed by atoms with van der Waals surface area (Å²) in [5.41, 5.74) is 5.64. The van der Waals surface area contributed by atoms with Crippen LogP contribution in [0, 0.1) is 6.92 Å². The molecule has 0 spiro atoms. The summed E-state index contributed by atoms with van der Waals surface area (Å²) in [4.78, 5) is 25.2. The third-order valence-corrected chi connectivity index (χ3v) is 3.50. The van der Waals surface area contributed by atoms with E-state index in [-0.39, 0.29) is 17.9 Å². The van der Waals surface area contributed by atoms with Crippen LogP contribution in [0.1, 0.15) is 23.2 Å². The van der Waals surface area contributed by atoms with Crippen LogP contribution in [0.25, 0.3) is 0 Å². The SMILES string of the molecule is Cc1[nH][nH]c(=O)c1CCC(=O)NN=Cc1ccc(N(C)C)cc1. The topological polar surface area (TPSA) is 93.3 Å². The number of hydrogen-bond acceptors (Lipinski definition) is 4. The van der Waals surface area contributed by atoms with E-state index >= 15 is 0 Å². The van der Waals surface area contributed by atoms with Crippen LogP contribution >= 0.6 is 0 Å². The number of nitrogens with one attached hydrogen (secondary N) is 3. The van der Waals surface area contributed by atoms with E-state index in [0.717, 1.165) is 16.9 Å². The zero-order chi connectivity index (χ0) is 16.8. The van der Waals surface area contributed by atoms with E-state index in [1.54, 1.807) is 13.1 Å². The van der Waals surface area contributed by atoms with Gasteiger partial charge in [-0.2, -0.15) is 5.10 Å². The van der Waals surface area contributed by atoms with Crippen LogP contribution in [0.15, 0.2) is 34.2 Å². The molecule has 122 valence electrons. The Balaban J connectivity index is 1.83. The highest BCUT2D eigenvalue weighted by Crippen LogP contribution is 2.10. The number of nitrogens with zero attached hydrogens (tertiary/aromatic N) is 2. The van der Waals surface area contributed by atoms with Gasteiger partial charge in [0, 0.05) is 37.5 Å². The van der Waals surface area contributed by atoms with Crippen LogP contribution in [-0.2, 0) is 11.2 Å². The van der Waals surface area contributed by atoms with Crippen LogP contribution in [-0.4, -0.2) is 36.4 Å². The summed E-state index contributed by atoms with van der Waals surface area (Å²) in [6, 6.07) is 7.80. The quantitative estimate of drug-likeness (QED) is 0.551. The molecular weight excluding hydrogens is 294 g/mol. The standard InChI is InChI=1S/C16H21N5O2/c1-11-14(16(23)20-18-11)8-9-15(22)19-17-10-12-4-6-13(7-5-12)21(2)3/h4-7,10H,8-9H2,1-3H3,(H,19,22)(H2,18,20,23). The lowest BCUT2D eigenvalue weighted by Crippen LogP contribution is -2.19. The molecule has 0 unspecified atom stereocenters. The highest BCUT2D eigenvalue weighted by atomic mass is 16.2. The van der Waals surface area contributed by atoms with Gasteiger partial charge in [-0.25, -0.2) is 5.43 Å². The molecule has 2 rings (SSSR count). The van der Waals surface area contributed by atoms with Crippen LogP contribution < -0.4 is 15.9 Å². The maximum absolute atomic E-state index is 11.7. The molecule has 0 saturated heterocycles. The average molecular weight is 315 g/mol. The molecule has 1 aromatic carbocycles. The first-order chi connectivity index (χ1) is 11.0. The Kier molecular flexibility index (Phi) is 5.35. The summed E-state index contributed by atoms with van der Waals surface area (Å²) in [6.45, 7) is 1.79. The number of carbonyl (C=O) groups excluding carboxylic acids is 1. The van der Waals surface area contributed by atoms with E-state index < -0.39 is 0 Å². The molecule has 1 aromatic heterocycles. The van der Waals surface area contributed by atoms with Crippen molar-refractivity contribution < 1.29 is 4.79 Å². The fraction of sp³-hybridized carbons (Fsp3) is 0.312. The maximum Gasteiger partial charge on any atom is 0.267 e. The number of hydrogen-bond donors (Lipinski definition) is 3. The van der Waals surface area contributed by atoms with E-state index in [9.17, 15) is 9.59 Å². The van der Waals surface area contributed by atoms with Crippen molar-refractivity contribution in [3.05, 3.63) is 51.4 Å². The van der Waals surface area contributed by atoms with Gasteiger partial charge in [-0.3, -0.25) is 14.7 Å². The molecule has 23 heavy (non-hydrogen) atoms. The zero-order valence-corrected chi connectivity index (χ0v) is 13.5. The van der Waals surface area contributed by atoms with Gasteiger partial charge in [0.25, 0.3) is 5.56 Å². The summed E-state index contributed by atoms with van der Waals surface area (Å²) >= 11 is 0. The van der Waals surface area contributed by atoms with Gasteiger partial charge in [0.05, 0.1) is 6.21 Å². The number of aryl methyl sites for hydroxylation is 1. The van der Waals surface area contributed by atoms with Crippen molar-refractivity contribution in [1.82, 2.24) is 15.6 Å². The minimum atomic E-state index is -0.230. The number of carbonyl (C=O) groups is 1. The molecule has 7 heteroatoms. The highest BCUT2D eigenvalue weighted by molar-refractivity contribution is 5.82. The van der Waals surface area contributed by atoms with Crippen molar-refractivity contribution in [2.24, 2.45) is 5.10 Å². The minimum Gasteiger partial charge on any atom is -0.378 e. The second kappa shape index (κ2) is 7.44. The van der Waals surface area contributed by atoms with Crippen molar-refractivity contribution in [1.29, 1.82) is 0 Å². The summed E-state index contributed by atoms with van der Waals surface area (Å²) in [5.74, 6) is -0.230. The Morgan fingerprint density at radius 3 is 2.52 bits per heavy atom. The molecule has 0 fully saturated rings. The second-order valence-corrected chi connectivity index (χ2v) is 5.46. The Morgan fingerprint density at radius 1 is 1.26 bits per heavy atom. The van der Waals surface area contributed by atoms with Crippen LogP contribution in [0.2, 0.25) is 0 Å². The van der Waals surface area contributed by atoms with Gasteiger partial charge < -0.3 is 10.00 Å². The normalized spacial score (nSPS) is 10.9. The minimum absolute atomic E-state index is 0.181. The van der Waals surface area contributed by atoms with E-state index in [2.05, 4.69) is 20.7 Å². The summed E-state index contributed by atoms with van der Waals surface area (Å²) < 4.78 is 0. The van der Waals surface area contributed by atoms with Crippen molar-refractivity contribution in [2.45, 2.75) is 19.8 Å². The first-order valence-electron chi connectivity index (χ1n) is 7.33. The van der Waals surface area contributed by atoms with E-state index in [0.29, 0.717) is 12.0 Å². The number of H-pyrrole nitrogens is 2. The molecule has 0 aliphatic carbocycles. The Hall–Kier alpha value is -2.83. The zero-order valence-electron chi connectivity index (χ0n) is 13.5. The first-order valence-corrected chi connectivity index (χ1v) is 7.33. The Morgan fingerprint density at radius 2 is 1.96 bits per heavy atom. The van der Waals surface area contributed by atoms with Crippen molar-refractivity contribution in [3.63, 3.8) is 0 Å². The number of anilines is 1. The number of hydrazone groups is 1. The third-order valence-electron chi connectivity index (χ3n) is 3.50. The van der Waals surface area contributed by atoms with Gasteiger partial charge in [0.1, 0.15) is 0 Å². The highest BCUT2D eigenvalue weighted by Gasteiger charge is 2.08. The maximum atomic E-state index is 11.7. The Bertz CT molecular complexity index is 741. The molecule has 0 atom stereocenters. The molecule has 0 radical (unpaired) electrons. The molecule has 7 nitrogen and oxygen atoms in total. The van der Waals surface area contributed by atoms with Crippen LogP contribution in [0.4, 0.5) is 5.69 Å². The van der Waals surface area contributed by atoms with Gasteiger partial charge in [-0.1, -0.05) is 12.1 Å². The number of aromatic amines is 2. The molecule has 1 amide bonds. The van der Waals surface area contributed by atoms with Crippen molar-refractivity contribution in [3.8, 4) is 0 Å². The lowest BCUT2D eigenvalue weighted by molar-refractivity contribution is -0.121. The van der Waals surface area contributed by atoms with Crippen molar-refractivity contribution in [2.75, 3.05) is 19.0 Å². The van der Waals surface area contributed by atoms with Gasteiger partial charge in [0.15, 0.2) is 0 Å². The molecule has 0 bridgehead atoms. The predicted octanol–water partition coefficient (Wildman–Crippen LogP) is 1.16. The molecule has 0 aliphatic rings.